The van der Waals surface area contributed by atoms with Gasteiger partial charge in [0.25, 0.3) is 0 Å². The Morgan fingerprint density at radius 3 is 2.12 bits per heavy atom. The predicted octanol–water partition coefficient (Wildman–Crippen LogP) is 2.56. The Labute approximate surface area is 298 Å². The SMILES string of the molecule is CC1(C)[C@@H](OS(=O)(=O)O)CC[C@]2(C)[C@H]3C(=O)C=C4[C@@H]5C[C@@](C)(C(=O)O[C@H]6O[C@H](C(=O)O)[C@@H](O)[C@H](O)[C@H]6O)C[C@H](O)[C@]5(C)CC[C@@]4(C)[C@]3(C)CC[C@@H]12. The van der Waals surface area contributed by atoms with Crippen molar-refractivity contribution >= 4 is 28.1 Å². The Morgan fingerprint density at radius 2 is 1.51 bits per heavy atom. The zero-order chi connectivity index (χ0) is 38.1. The molecular weight excluding hydrogens is 688 g/mol. The molecule has 0 aromatic rings. The molecule has 5 aliphatic carbocycles. The van der Waals surface area contributed by atoms with Gasteiger partial charge in [-0.15, -0.1) is 0 Å². The normalized spacial score (nSPS) is 50.8. The minimum absolute atomic E-state index is 0.00531. The molecule has 288 valence electrons. The van der Waals surface area contributed by atoms with Crippen molar-refractivity contribution in [1.29, 1.82) is 0 Å². The lowest BCUT2D eigenvalue weighted by Gasteiger charge is -2.70. The molecule has 14 nitrogen and oxygen atoms in total. The maximum atomic E-state index is 14.7. The number of ketones is 1. The van der Waals surface area contributed by atoms with Gasteiger partial charge in [0.05, 0.1) is 17.6 Å². The number of fused-ring (bicyclic) bond motifs is 7. The van der Waals surface area contributed by atoms with E-state index in [0.29, 0.717) is 38.5 Å². The molecule has 15 atom stereocenters. The fourth-order valence-corrected chi connectivity index (χ4v) is 12.8. The van der Waals surface area contributed by atoms with Crippen LogP contribution in [0.15, 0.2) is 11.6 Å². The van der Waals surface area contributed by atoms with Gasteiger partial charge in [-0.2, -0.15) is 8.42 Å². The van der Waals surface area contributed by atoms with Crippen LogP contribution in [-0.2, 0) is 38.4 Å². The average molecular weight is 743 g/mol. The average Bonchev–Trinajstić information content (AvgIpc) is 3.00. The number of carbonyl (C=O) groups excluding carboxylic acids is 2. The largest absolute Gasteiger partial charge is 0.479 e. The topological polar surface area (TPSA) is 234 Å². The number of carboxylic acids is 1. The summed E-state index contributed by atoms with van der Waals surface area (Å²) >= 11 is 0. The predicted molar refractivity (Wildman–Crippen MR) is 178 cm³/mol. The second kappa shape index (κ2) is 12.0. The summed E-state index contributed by atoms with van der Waals surface area (Å²) in [6.45, 7) is 14.0. The summed E-state index contributed by atoms with van der Waals surface area (Å²) < 4.78 is 49.0. The first-order valence-electron chi connectivity index (χ1n) is 18.0. The van der Waals surface area contributed by atoms with E-state index < -0.39 is 110 Å². The molecule has 1 saturated heterocycles. The van der Waals surface area contributed by atoms with Crippen LogP contribution in [0.25, 0.3) is 0 Å². The first kappa shape index (κ1) is 38.7. The monoisotopic (exact) mass is 742 g/mol. The van der Waals surface area contributed by atoms with E-state index in [9.17, 15) is 52.9 Å². The summed E-state index contributed by atoms with van der Waals surface area (Å²) in [5.74, 6) is -3.42. The summed E-state index contributed by atoms with van der Waals surface area (Å²) in [6.07, 6.45) is -5.90. The van der Waals surface area contributed by atoms with Crippen LogP contribution >= 0.6 is 0 Å². The van der Waals surface area contributed by atoms with Gasteiger partial charge in [0.2, 0.25) is 6.29 Å². The lowest BCUT2D eigenvalue weighted by molar-refractivity contribution is -0.290. The second-order valence-electron chi connectivity index (χ2n) is 18.3. The van der Waals surface area contributed by atoms with Gasteiger partial charge in [0.1, 0.15) is 18.3 Å². The van der Waals surface area contributed by atoms with Crippen molar-refractivity contribution in [1.82, 2.24) is 0 Å². The zero-order valence-electron chi connectivity index (χ0n) is 30.4. The summed E-state index contributed by atoms with van der Waals surface area (Å²) in [4.78, 5) is 40.2. The van der Waals surface area contributed by atoms with E-state index in [1.807, 2.05) is 20.8 Å². The van der Waals surface area contributed by atoms with Crippen LogP contribution in [-0.4, -0.2) is 99.1 Å². The summed E-state index contributed by atoms with van der Waals surface area (Å²) in [7, 11) is -4.68. The summed E-state index contributed by atoms with van der Waals surface area (Å²) in [5, 5.41) is 52.1. The van der Waals surface area contributed by atoms with Gasteiger partial charge < -0.3 is 35.0 Å². The van der Waals surface area contributed by atoms with Gasteiger partial charge >= 0.3 is 22.3 Å². The Morgan fingerprint density at radius 1 is 0.863 bits per heavy atom. The van der Waals surface area contributed by atoms with Crippen LogP contribution in [0.5, 0.6) is 0 Å². The highest BCUT2D eigenvalue weighted by Gasteiger charge is 2.71. The van der Waals surface area contributed by atoms with E-state index in [1.54, 1.807) is 13.0 Å². The van der Waals surface area contributed by atoms with Gasteiger partial charge in [0, 0.05) is 11.3 Å². The van der Waals surface area contributed by atoms with E-state index in [0.717, 1.165) is 5.57 Å². The molecule has 1 heterocycles. The zero-order valence-corrected chi connectivity index (χ0v) is 31.2. The van der Waals surface area contributed by atoms with Gasteiger partial charge in [0.15, 0.2) is 11.9 Å². The molecule has 4 saturated carbocycles. The maximum absolute atomic E-state index is 14.7. The standard InChI is InChI=1S/C36H54O14S/c1-31(2)20-8-11-36(7)27(34(20,5)10-9-22(31)50-51(45,46)47)19(37)14-17-18-15-32(3,16-21(38)33(18,4)12-13-35(17,36)6)30(44)49-29-25(41)23(39)24(40)26(48-29)28(42)43/h14,18,20-27,29,38-41H,8-13,15-16H2,1-7H3,(H,42,43)(H,45,46,47)/t18-,20-,21-,22-,23-,24-,25+,26-,27+,29+,32+,33+,34-,35+,36+/m0/s1. The molecule has 6 rings (SSSR count). The first-order valence-corrected chi connectivity index (χ1v) is 19.4. The van der Waals surface area contributed by atoms with Crippen LogP contribution in [0.2, 0.25) is 0 Å². The van der Waals surface area contributed by atoms with E-state index in [-0.39, 0.29) is 24.5 Å². The molecule has 0 spiro atoms. The fourth-order valence-electron chi connectivity index (χ4n) is 12.2. The fraction of sp³-hybridized carbons (Fsp3) is 0.861. The molecule has 0 unspecified atom stereocenters. The minimum Gasteiger partial charge on any atom is -0.479 e. The molecule has 0 radical (unpaired) electrons. The van der Waals surface area contributed by atoms with Crippen molar-refractivity contribution in [3.63, 3.8) is 0 Å². The van der Waals surface area contributed by atoms with Gasteiger partial charge in [-0.25, -0.2) is 8.98 Å². The van der Waals surface area contributed by atoms with E-state index in [1.165, 1.54) is 0 Å². The van der Waals surface area contributed by atoms with Gasteiger partial charge in [-0.3, -0.25) is 14.1 Å². The third-order valence-electron chi connectivity index (χ3n) is 15.4. The van der Waals surface area contributed by atoms with Crippen LogP contribution in [0.4, 0.5) is 0 Å². The lowest BCUT2D eigenvalue weighted by Crippen LogP contribution is -2.67. The molecular formula is C36H54O14S. The second-order valence-corrected chi connectivity index (χ2v) is 19.4. The Bertz CT molecular complexity index is 1630. The molecule has 6 N–H and O–H groups in total. The number of carbonyl (C=O) groups is 3. The number of hydrogen-bond donors (Lipinski definition) is 6. The van der Waals surface area contributed by atoms with Crippen molar-refractivity contribution < 1.29 is 66.5 Å². The molecule has 15 heteroatoms. The summed E-state index contributed by atoms with van der Waals surface area (Å²) in [5.41, 5.74) is -3.35. The van der Waals surface area contributed by atoms with Crippen molar-refractivity contribution in [2.45, 2.75) is 143 Å². The van der Waals surface area contributed by atoms with Crippen LogP contribution < -0.4 is 0 Å². The number of allylic oxidation sites excluding steroid dienone is 2. The highest BCUT2D eigenvalue weighted by Crippen LogP contribution is 2.75. The van der Waals surface area contributed by atoms with E-state index in [2.05, 4.69) is 20.8 Å². The number of hydrogen-bond acceptors (Lipinski definition) is 12. The number of aliphatic hydroxyl groups excluding tert-OH is 4. The number of aliphatic carboxylic acids is 1. The Hall–Kier alpha value is -1.98. The van der Waals surface area contributed by atoms with Crippen LogP contribution in [0.1, 0.15) is 99.8 Å². The quantitative estimate of drug-likeness (QED) is 0.176. The van der Waals surface area contributed by atoms with E-state index >= 15 is 0 Å². The van der Waals surface area contributed by atoms with Gasteiger partial charge in [-0.1, -0.05) is 47.1 Å². The highest BCUT2D eigenvalue weighted by molar-refractivity contribution is 7.80. The van der Waals surface area contributed by atoms with E-state index in [4.69, 9.17) is 13.7 Å². The molecule has 1 aliphatic heterocycles. The summed E-state index contributed by atoms with van der Waals surface area (Å²) in [6, 6.07) is 0. The Balaban J connectivity index is 1.33. The number of ether oxygens (including phenoxy) is 2. The molecule has 5 fully saturated rings. The van der Waals surface area contributed by atoms with Crippen LogP contribution in [0, 0.1) is 50.2 Å². The third-order valence-corrected chi connectivity index (χ3v) is 15.8. The maximum Gasteiger partial charge on any atom is 0.397 e. The van der Waals surface area contributed by atoms with Crippen molar-refractivity contribution in [2.75, 3.05) is 0 Å². The highest BCUT2D eigenvalue weighted by atomic mass is 32.3. The van der Waals surface area contributed by atoms with Crippen molar-refractivity contribution in [3.05, 3.63) is 11.6 Å². The number of rotatable bonds is 5. The van der Waals surface area contributed by atoms with Crippen LogP contribution in [0.3, 0.4) is 0 Å². The molecule has 0 amide bonds. The molecule has 0 aromatic carbocycles. The van der Waals surface area contributed by atoms with Crippen molar-refractivity contribution in [2.24, 2.45) is 50.2 Å². The van der Waals surface area contributed by atoms with Crippen molar-refractivity contribution in [3.8, 4) is 0 Å². The Kier molecular flexibility index (Phi) is 9.12. The van der Waals surface area contributed by atoms with Gasteiger partial charge in [-0.05, 0) is 97.9 Å². The molecule has 6 aliphatic rings. The number of esters is 1. The lowest BCUT2D eigenvalue weighted by atomic mass is 9.33. The minimum atomic E-state index is -4.68. The third kappa shape index (κ3) is 5.58. The number of carboxylic acid groups (broad SMARTS) is 1. The molecule has 0 bridgehead atoms. The first-order chi connectivity index (χ1) is 23.3. The number of aliphatic hydroxyl groups is 4. The smallest absolute Gasteiger partial charge is 0.397 e. The molecule has 51 heavy (non-hydrogen) atoms. The molecule has 0 aromatic heterocycles.